The van der Waals surface area contributed by atoms with Gasteiger partial charge in [0, 0.05) is 23.0 Å². The molecule has 0 spiro atoms. The van der Waals surface area contributed by atoms with Crippen LogP contribution in [0.1, 0.15) is 35.4 Å². The van der Waals surface area contributed by atoms with Gasteiger partial charge in [0.05, 0.1) is 6.61 Å². The van der Waals surface area contributed by atoms with Gasteiger partial charge in [-0.15, -0.1) is 0 Å². The third-order valence-electron chi connectivity index (χ3n) is 5.78. The molecule has 154 valence electrons. The first kappa shape index (κ1) is 20.1. The first-order valence-electron chi connectivity index (χ1n) is 10.0. The SMILES string of the molecule is CCc1ccc(Cc2cc3c(C4OC(CO)C(O)C(O)C4O)cccc3[nH]2)cc1. The van der Waals surface area contributed by atoms with E-state index in [-0.39, 0.29) is 0 Å². The van der Waals surface area contributed by atoms with Gasteiger partial charge in [-0.2, -0.15) is 0 Å². The Morgan fingerprint density at radius 3 is 2.34 bits per heavy atom. The summed E-state index contributed by atoms with van der Waals surface area (Å²) in [6, 6.07) is 16.2. The number of ether oxygens (including phenoxy) is 1. The van der Waals surface area contributed by atoms with Crippen molar-refractivity contribution in [1.29, 1.82) is 0 Å². The summed E-state index contributed by atoms with van der Waals surface area (Å²) >= 11 is 0. The molecule has 4 rings (SSSR count). The van der Waals surface area contributed by atoms with Gasteiger partial charge in [0.15, 0.2) is 0 Å². The number of aryl methyl sites for hydroxylation is 1. The van der Waals surface area contributed by atoms with Crippen molar-refractivity contribution in [2.24, 2.45) is 0 Å². The number of aromatic amines is 1. The van der Waals surface area contributed by atoms with Crippen molar-refractivity contribution in [3.05, 3.63) is 70.9 Å². The zero-order valence-electron chi connectivity index (χ0n) is 16.3. The Morgan fingerprint density at radius 2 is 1.66 bits per heavy atom. The van der Waals surface area contributed by atoms with Crippen molar-refractivity contribution in [1.82, 2.24) is 4.98 Å². The van der Waals surface area contributed by atoms with Crippen LogP contribution in [0.5, 0.6) is 0 Å². The molecular formula is C23H27NO5. The fraction of sp³-hybridized carbons (Fsp3) is 0.391. The summed E-state index contributed by atoms with van der Waals surface area (Å²) in [5, 5.41) is 41.0. The van der Waals surface area contributed by atoms with Gasteiger partial charge in [0.2, 0.25) is 0 Å². The smallest absolute Gasteiger partial charge is 0.113 e. The number of aliphatic hydroxyl groups excluding tert-OH is 4. The molecule has 0 radical (unpaired) electrons. The summed E-state index contributed by atoms with van der Waals surface area (Å²) in [7, 11) is 0. The Balaban J connectivity index is 1.65. The quantitative estimate of drug-likeness (QED) is 0.452. The number of aliphatic hydroxyl groups is 4. The second kappa shape index (κ2) is 8.26. The summed E-state index contributed by atoms with van der Waals surface area (Å²) in [6.07, 6.45) is -4.07. The fourth-order valence-electron chi connectivity index (χ4n) is 4.05. The van der Waals surface area contributed by atoms with Gasteiger partial charge in [-0.05, 0) is 35.2 Å². The number of nitrogens with one attached hydrogen (secondary N) is 1. The molecule has 0 bridgehead atoms. The number of aromatic nitrogens is 1. The maximum absolute atomic E-state index is 10.5. The van der Waals surface area contributed by atoms with Crippen LogP contribution in [-0.4, -0.2) is 56.4 Å². The summed E-state index contributed by atoms with van der Waals surface area (Å²) in [6.45, 7) is 1.69. The molecule has 5 N–H and O–H groups in total. The standard InChI is InChI=1S/C23H27NO5/c1-2-13-6-8-14(9-7-13)10-15-11-17-16(4-3-5-18(17)24-15)23-22(28)21(27)20(26)19(12-25)29-23/h3-9,11,19-28H,2,10,12H2,1H3. The van der Waals surface area contributed by atoms with Crippen molar-refractivity contribution in [2.45, 2.75) is 50.3 Å². The molecule has 6 heteroatoms. The second-order valence-corrected chi connectivity index (χ2v) is 7.70. The minimum absolute atomic E-state index is 0.441. The molecule has 1 aliphatic heterocycles. The largest absolute Gasteiger partial charge is 0.394 e. The molecule has 29 heavy (non-hydrogen) atoms. The molecule has 1 aliphatic rings. The molecule has 2 aromatic carbocycles. The first-order chi connectivity index (χ1) is 14.0. The summed E-state index contributed by atoms with van der Waals surface area (Å²) < 4.78 is 5.75. The molecule has 5 atom stereocenters. The van der Waals surface area contributed by atoms with Crippen LogP contribution in [0.3, 0.4) is 0 Å². The average Bonchev–Trinajstić information content (AvgIpc) is 3.15. The molecule has 3 aromatic rings. The zero-order chi connectivity index (χ0) is 20.5. The summed E-state index contributed by atoms with van der Waals surface area (Å²) in [4.78, 5) is 3.41. The van der Waals surface area contributed by atoms with Crippen LogP contribution in [-0.2, 0) is 17.6 Å². The van der Waals surface area contributed by atoms with E-state index >= 15 is 0 Å². The molecular weight excluding hydrogens is 370 g/mol. The number of fused-ring (bicyclic) bond motifs is 1. The van der Waals surface area contributed by atoms with Gasteiger partial charge in [-0.25, -0.2) is 0 Å². The lowest BCUT2D eigenvalue weighted by molar-refractivity contribution is -0.231. The number of rotatable bonds is 5. The summed E-state index contributed by atoms with van der Waals surface area (Å²) in [5.41, 5.74) is 5.14. The summed E-state index contributed by atoms with van der Waals surface area (Å²) in [5.74, 6) is 0. The number of hydrogen-bond acceptors (Lipinski definition) is 5. The van der Waals surface area contributed by atoms with Crippen LogP contribution < -0.4 is 0 Å². The highest BCUT2D eigenvalue weighted by molar-refractivity contribution is 5.84. The normalized spacial score (nSPS) is 27.4. The van der Waals surface area contributed by atoms with E-state index in [1.807, 2.05) is 24.3 Å². The zero-order valence-corrected chi connectivity index (χ0v) is 16.3. The Bertz CT molecular complexity index is 965. The van der Waals surface area contributed by atoms with Crippen molar-refractivity contribution in [3.63, 3.8) is 0 Å². The van der Waals surface area contributed by atoms with Gasteiger partial charge in [-0.1, -0.05) is 43.3 Å². The monoisotopic (exact) mass is 397 g/mol. The van der Waals surface area contributed by atoms with E-state index < -0.39 is 37.1 Å². The number of H-pyrrole nitrogens is 1. The highest BCUT2D eigenvalue weighted by atomic mass is 16.5. The average molecular weight is 397 g/mol. The number of hydrogen-bond donors (Lipinski definition) is 5. The maximum Gasteiger partial charge on any atom is 0.113 e. The van der Waals surface area contributed by atoms with Gasteiger partial charge < -0.3 is 30.1 Å². The van der Waals surface area contributed by atoms with Gasteiger partial charge in [0.1, 0.15) is 30.5 Å². The van der Waals surface area contributed by atoms with Crippen LogP contribution in [0, 0.1) is 0 Å². The van der Waals surface area contributed by atoms with E-state index in [0.29, 0.717) is 5.56 Å². The first-order valence-corrected chi connectivity index (χ1v) is 10.0. The van der Waals surface area contributed by atoms with Gasteiger partial charge >= 0.3 is 0 Å². The minimum Gasteiger partial charge on any atom is -0.394 e. The lowest BCUT2D eigenvalue weighted by atomic mass is 9.90. The molecule has 1 fully saturated rings. The molecule has 0 aliphatic carbocycles. The Kier molecular flexibility index (Phi) is 5.72. The molecule has 2 heterocycles. The van der Waals surface area contributed by atoms with Crippen LogP contribution in [0.4, 0.5) is 0 Å². The van der Waals surface area contributed by atoms with E-state index in [4.69, 9.17) is 4.74 Å². The highest BCUT2D eigenvalue weighted by Gasteiger charge is 2.44. The predicted octanol–water partition coefficient (Wildman–Crippen LogP) is 1.84. The van der Waals surface area contributed by atoms with Crippen LogP contribution in [0.2, 0.25) is 0 Å². The highest BCUT2D eigenvalue weighted by Crippen LogP contribution is 2.36. The lowest BCUT2D eigenvalue weighted by Gasteiger charge is -2.40. The van der Waals surface area contributed by atoms with Crippen molar-refractivity contribution in [3.8, 4) is 0 Å². The Labute approximate surface area is 169 Å². The molecule has 5 unspecified atom stereocenters. The topological polar surface area (TPSA) is 106 Å². The second-order valence-electron chi connectivity index (χ2n) is 7.70. The van der Waals surface area contributed by atoms with Crippen molar-refractivity contribution >= 4 is 10.9 Å². The van der Waals surface area contributed by atoms with E-state index in [0.717, 1.165) is 29.4 Å². The van der Waals surface area contributed by atoms with E-state index in [9.17, 15) is 20.4 Å². The number of benzene rings is 2. The van der Waals surface area contributed by atoms with Gasteiger partial charge in [-0.3, -0.25) is 0 Å². The third-order valence-corrected chi connectivity index (χ3v) is 5.78. The van der Waals surface area contributed by atoms with Crippen LogP contribution in [0.25, 0.3) is 10.9 Å². The Hall–Kier alpha value is -2.22. The predicted molar refractivity (Wildman–Crippen MR) is 110 cm³/mol. The van der Waals surface area contributed by atoms with E-state index in [1.165, 1.54) is 11.1 Å². The van der Waals surface area contributed by atoms with Crippen LogP contribution in [0.15, 0.2) is 48.5 Å². The maximum atomic E-state index is 10.5. The molecule has 1 saturated heterocycles. The lowest BCUT2D eigenvalue weighted by Crippen LogP contribution is -2.55. The molecule has 1 aromatic heterocycles. The fourth-order valence-corrected chi connectivity index (χ4v) is 4.05. The van der Waals surface area contributed by atoms with Crippen LogP contribution >= 0.6 is 0 Å². The minimum atomic E-state index is -1.39. The molecule has 0 amide bonds. The Morgan fingerprint density at radius 1 is 0.931 bits per heavy atom. The third kappa shape index (κ3) is 3.82. The molecule has 0 saturated carbocycles. The molecule has 6 nitrogen and oxygen atoms in total. The van der Waals surface area contributed by atoms with E-state index in [2.05, 4.69) is 36.2 Å². The van der Waals surface area contributed by atoms with Crippen molar-refractivity contribution in [2.75, 3.05) is 6.61 Å². The van der Waals surface area contributed by atoms with Gasteiger partial charge in [0.25, 0.3) is 0 Å². The van der Waals surface area contributed by atoms with Crippen molar-refractivity contribution < 1.29 is 25.2 Å². The van der Waals surface area contributed by atoms with E-state index in [1.54, 1.807) is 0 Å².